The molecule has 0 aromatic carbocycles. The largest absolute Gasteiger partial charge is 0.396 e. The van der Waals surface area contributed by atoms with Crippen LogP contribution in [0.2, 0.25) is 0 Å². The summed E-state index contributed by atoms with van der Waals surface area (Å²) in [6.07, 6.45) is 3.78. The van der Waals surface area contributed by atoms with Crippen LogP contribution in [0, 0.1) is 6.92 Å². The van der Waals surface area contributed by atoms with Crippen molar-refractivity contribution < 1.29 is 14.7 Å². The summed E-state index contributed by atoms with van der Waals surface area (Å²) < 4.78 is 0. The average molecular weight is 310 g/mol. The third-order valence-electron chi connectivity index (χ3n) is 3.76. The molecule has 0 saturated heterocycles. The molecule has 0 atom stereocenters. The zero-order chi connectivity index (χ0) is 15.2. The Morgan fingerprint density at radius 2 is 2.19 bits per heavy atom. The Hall–Kier alpha value is -1.40. The highest BCUT2D eigenvalue weighted by atomic mass is 32.1. The highest BCUT2D eigenvalue weighted by molar-refractivity contribution is 7.13. The molecule has 1 aromatic rings. The van der Waals surface area contributed by atoms with E-state index in [4.69, 9.17) is 5.11 Å². The zero-order valence-electron chi connectivity index (χ0n) is 12.3. The van der Waals surface area contributed by atoms with Crippen LogP contribution in [0.25, 0.3) is 0 Å². The zero-order valence-corrected chi connectivity index (χ0v) is 13.1. The number of carbonyl (C=O) groups excluding carboxylic acids is 2. The van der Waals surface area contributed by atoms with E-state index in [1.165, 1.54) is 11.3 Å². The summed E-state index contributed by atoms with van der Waals surface area (Å²) in [7, 11) is 0. The summed E-state index contributed by atoms with van der Waals surface area (Å²) in [6, 6.07) is 3.95. The minimum absolute atomic E-state index is 0.0255. The molecular weight excluding hydrogens is 288 g/mol. The van der Waals surface area contributed by atoms with Gasteiger partial charge in [0.2, 0.25) is 5.91 Å². The van der Waals surface area contributed by atoms with E-state index in [1.807, 2.05) is 13.0 Å². The van der Waals surface area contributed by atoms with Crippen LogP contribution >= 0.6 is 11.3 Å². The molecule has 0 bridgehead atoms. The lowest BCUT2D eigenvalue weighted by atomic mass is 9.91. The number of nitrogens with zero attached hydrogens (tertiary/aromatic N) is 1. The van der Waals surface area contributed by atoms with Gasteiger partial charge in [0.05, 0.1) is 11.4 Å². The van der Waals surface area contributed by atoms with Gasteiger partial charge in [-0.15, -0.1) is 11.3 Å². The number of aliphatic hydroxyl groups excluding tert-OH is 1. The molecule has 6 heteroatoms. The number of aliphatic hydroxyl groups is 1. The second-order valence-corrected chi connectivity index (χ2v) is 6.63. The second-order valence-electron chi connectivity index (χ2n) is 5.34. The van der Waals surface area contributed by atoms with Gasteiger partial charge in [-0.3, -0.25) is 9.59 Å². The molecule has 1 saturated carbocycles. The molecule has 2 amide bonds. The Kier molecular flexibility index (Phi) is 5.76. The fraction of sp³-hybridized carbons (Fsp3) is 0.600. The average Bonchev–Trinajstić information content (AvgIpc) is 2.84. The lowest BCUT2D eigenvalue weighted by Gasteiger charge is -2.37. The van der Waals surface area contributed by atoms with Crippen molar-refractivity contribution in [1.82, 2.24) is 10.2 Å². The summed E-state index contributed by atoms with van der Waals surface area (Å²) in [6.45, 7) is 2.61. The third kappa shape index (κ3) is 4.28. The number of aryl methyl sites for hydroxylation is 1. The van der Waals surface area contributed by atoms with Crippen molar-refractivity contribution in [1.29, 1.82) is 0 Å². The molecular formula is C15H22N2O3S. The fourth-order valence-electron chi connectivity index (χ4n) is 2.35. The molecule has 1 fully saturated rings. The number of carbonyl (C=O) groups is 2. The molecule has 1 aromatic heterocycles. The van der Waals surface area contributed by atoms with Crippen LogP contribution in [0.1, 0.15) is 40.2 Å². The van der Waals surface area contributed by atoms with Gasteiger partial charge >= 0.3 is 0 Å². The molecule has 1 aliphatic rings. The lowest BCUT2D eigenvalue weighted by Crippen LogP contribution is -2.48. The van der Waals surface area contributed by atoms with Crippen LogP contribution in [0.3, 0.4) is 0 Å². The van der Waals surface area contributed by atoms with E-state index in [0.29, 0.717) is 17.8 Å². The quantitative estimate of drug-likeness (QED) is 0.803. The van der Waals surface area contributed by atoms with Crippen LogP contribution in [0.5, 0.6) is 0 Å². The predicted octanol–water partition coefficient (Wildman–Crippen LogP) is 1.55. The minimum atomic E-state index is -0.197. The maximum absolute atomic E-state index is 12.3. The summed E-state index contributed by atoms with van der Waals surface area (Å²) in [5.74, 6) is -0.257. The Morgan fingerprint density at radius 3 is 2.71 bits per heavy atom. The number of hydrogen-bond acceptors (Lipinski definition) is 4. The third-order valence-corrected chi connectivity index (χ3v) is 4.76. The van der Waals surface area contributed by atoms with Crippen LogP contribution in [0.4, 0.5) is 0 Å². The van der Waals surface area contributed by atoms with Crippen LogP contribution < -0.4 is 5.32 Å². The van der Waals surface area contributed by atoms with Crippen molar-refractivity contribution in [3.8, 4) is 0 Å². The molecule has 21 heavy (non-hydrogen) atoms. The van der Waals surface area contributed by atoms with Crippen LogP contribution in [-0.4, -0.2) is 47.6 Å². The number of nitrogens with one attached hydrogen (secondary N) is 1. The molecule has 1 aliphatic carbocycles. The second kappa shape index (κ2) is 7.56. The predicted molar refractivity (Wildman–Crippen MR) is 82.4 cm³/mol. The fourth-order valence-corrected chi connectivity index (χ4v) is 3.14. The Labute approximate surface area is 129 Å². The van der Waals surface area contributed by atoms with Crippen molar-refractivity contribution in [3.05, 3.63) is 21.9 Å². The Bertz CT molecular complexity index is 497. The van der Waals surface area contributed by atoms with Gasteiger partial charge in [-0.25, -0.2) is 0 Å². The van der Waals surface area contributed by atoms with Crippen LogP contribution in [0.15, 0.2) is 12.1 Å². The first-order chi connectivity index (χ1) is 10.1. The minimum Gasteiger partial charge on any atom is -0.396 e. The summed E-state index contributed by atoms with van der Waals surface area (Å²) in [4.78, 5) is 27.7. The van der Waals surface area contributed by atoms with E-state index in [0.717, 1.165) is 24.1 Å². The summed E-state index contributed by atoms with van der Waals surface area (Å²) in [5.41, 5.74) is 0. The number of thiophene rings is 1. The Morgan fingerprint density at radius 1 is 1.43 bits per heavy atom. The molecule has 0 unspecified atom stereocenters. The SMILES string of the molecule is Cc1ccc(C(=O)NCC(=O)N(CCCO)C2CCC2)s1. The molecule has 0 radical (unpaired) electrons. The normalized spacial score (nSPS) is 14.6. The molecule has 1 heterocycles. The van der Waals surface area contributed by atoms with Crippen molar-refractivity contribution in [2.75, 3.05) is 19.7 Å². The van der Waals surface area contributed by atoms with Gasteiger partial charge in [0.15, 0.2) is 0 Å². The maximum Gasteiger partial charge on any atom is 0.261 e. The van der Waals surface area contributed by atoms with Gasteiger partial charge in [-0.1, -0.05) is 0 Å². The van der Waals surface area contributed by atoms with E-state index in [-0.39, 0.29) is 31.0 Å². The number of amides is 2. The standard InChI is InChI=1S/C15H22N2O3S/c1-11-6-7-13(21-11)15(20)16-10-14(19)17(8-3-9-18)12-4-2-5-12/h6-7,12,18H,2-5,8-10H2,1H3,(H,16,20). The lowest BCUT2D eigenvalue weighted by molar-refractivity contribution is -0.134. The number of rotatable bonds is 7. The van der Waals surface area contributed by atoms with E-state index >= 15 is 0 Å². The summed E-state index contributed by atoms with van der Waals surface area (Å²) >= 11 is 1.42. The molecule has 0 aliphatic heterocycles. The molecule has 2 N–H and O–H groups in total. The van der Waals surface area contributed by atoms with E-state index in [2.05, 4.69) is 5.32 Å². The highest BCUT2D eigenvalue weighted by Crippen LogP contribution is 2.25. The van der Waals surface area contributed by atoms with E-state index in [9.17, 15) is 9.59 Å². The van der Waals surface area contributed by atoms with Gasteiger partial charge in [0.1, 0.15) is 0 Å². The van der Waals surface area contributed by atoms with Crippen molar-refractivity contribution in [2.45, 2.75) is 38.6 Å². The first-order valence-corrected chi connectivity index (χ1v) is 8.18. The van der Waals surface area contributed by atoms with Crippen molar-refractivity contribution >= 4 is 23.2 Å². The van der Waals surface area contributed by atoms with Crippen LogP contribution in [-0.2, 0) is 4.79 Å². The monoisotopic (exact) mass is 310 g/mol. The molecule has 0 spiro atoms. The van der Waals surface area contributed by atoms with Crippen molar-refractivity contribution in [3.63, 3.8) is 0 Å². The molecule has 2 rings (SSSR count). The molecule has 5 nitrogen and oxygen atoms in total. The highest BCUT2D eigenvalue weighted by Gasteiger charge is 2.28. The maximum atomic E-state index is 12.3. The van der Waals surface area contributed by atoms with E-state index < -0.39 is 0 Å². The summed E-state index contributed by atoms with van der Waals surface area (Å²) in [5, 5.41) is 11.6. The molecule has 116 valence electrons. The van der Waals surface area contributed by atoms with Gasteiger partial charge in [0, 0.05) is 24.1 Å². The van der Waals surface area contributed by atoms with Gasteiger partial charge in [-0.2, -0.15) is 0 Å². The smallest absolute Gasteiger partial charge is 0.261 e. The van der Waals surface area contributed by atoms with Crippen molar-refractivity contribution in [2.24, 2.45) is 0 Å². The Balaban J connectivity index is 1.84. The van der Waals surface area contributed by atoms with E-state index in [1.54, 1.807) is 11.0 Å². The first-order valence-electron chi connectivity index (χ1n) is 7.37. The van der Waals surface area contributed by atoms with Gasteiger partial charge < -0.3 is 15.3 Å². The van der Waals surface area contributed by atoms with Gasteiger partial charge in [0.25, 0.3) is 5.91 Å². The first kappa shape index (κ1) is 16.0. The topological polar surface area (TPSA) is 69.6 Å². The number of hydrogen-bond donors (Lipinski definition) is 2. The van der Waals surface area contributed by atoms with Gasteiger partial charge in [-0.05, 0) is 44.7 Å².